The van der Waals surface area contributed by atoms with Crippen LogP contribution in [0.2, 0.25) is 0 Å². The highest BCUT2D eigenvalue weighted by molar-refractivity contribution is 5.98. The highest BCUT2D eigenvalue weighted by atomic mass is 16.6. The van der Waals surface area contributed by atoms with Crippen molar-refractivity contribution in [2.24, 2.45) is 0 Å². The fourth-order valence-electron chi connectivity index (χ4n) is 3.04. The SMILES string of the molecule is C=C(C)C(=O)OCCNC(=O)N1CCOC(COc2c(C(C)=O)ccc(OC)c2OC)C1. The Morgan fingerprint density at radius 1 is 1.19 bits per heavy atom. The number of urea groups is 1. The predicted molar refractivity (Wildman–Crippen MR) is 116 cm³/mol. The minimum atomic E-state index is -0.499. The number of morpholine rings is 1. The minimum Gasteiger partial charge on any atom is -0.493 e. The Hall–Kier alpha value is -3.27. The molecule has 176 valence electrons. The van der Waals surface area contributed by atoms with Gasteiger partial charge in [-0.05, 0) is 26.0 Å². The number of ketones is 1. The number of carbonyl (C=O) groups excluding carboxylic acids is 3. The van der Waals surface area contributed by atoms with Crippen molar-refractivity contribution in [1.29, 1.82) is 0 Å². The van der Waals surface area contributed by atoms with E-state index < -0.39 is 12.1 Å². The van der Waals surface area contributed by atoms with Crippen molar-refractivity contribution in [3.05, 3.63) is 29.8 Å². The molecule has 1 heterocycles. The first-order valence-electron chi connectivity index (χ1n) is 10.1. The number of benzene rings is 1. The highest BCUT2D eigenvalue weighted by Gasteiger charge is 2.26. The molecule has 2 amide bonds. The van der Waals surface area contributed by atoms with Crippen LogP contribution < -0.4 is 19.5 Å². The number of Topliss-reactive ketones (excluding diaryl/α,β-unsaturated/α-hetero) is 1. The molecule has 1 fully saturated rings. The molecule has 0 aliphatic carbocycles. The van der Waals surface area contributed by atoms with Crippen molar-refractivity contribution < 1.29 is 38.1 Å². The second-order valence-corrected chi connectivity index (χ2v) is 7.13. The second-order valence-electron chi connectivity index (χ2n) is 7.13. The molecule has 1 aromatic carbocycles. The maximum atomic E-state index is 12.4. The topological polar surface area (TPSA) is 113 Å². The Bertz CT molecular complexity index is 855. The lowest BCUT2D eigenvalue weighted by Crippen LogP contribution is -2.51. The molecule has 1 unspecified atom stereocenters. The van der Waals surface area contributed by atoms with Crippen LogP contribution in [0, 0.1) is 0 Å². The van der Waals surface area contributed by atoms with E-state index in [0.717, 1.165) is 0 Å². The van der Waals surface area contributed by atoms with Crippen LogP contribution in [0.25, 0.3) is 0 Å². The first-order chi connectivity index (χ1) is 15.3. The number of carbonyl (C=O) groups is 3. The monoisotopic (exact) mass is 450 g/mol. The summed E-state index contributed by atoms with van der Waals surface area (Å²) in [4.78, 5) is 37.4. The van der Waals surface area contributed by atoms with Crippen LogP contribution in [0.4, 0.5) is 4.79 Å². The van der Waals surface area contributed by atoms with Crippen LogP contribution >= 0.6 is 0 Å². The molecule has 1 aliphatic rings. The standard InChI is InChI=1S/C22H30N2O8/c1-14(2)21(26)31-10-8-23-22(27)24-9-11-30-16(12-24)13-32-19-17(15(3)25)6-7-18(28-4)20(19)29-5/h6-7,16H,1,8-13H2,2-5H3,(H,23,27). The van der Waals surface area contributed by atoms with Crippen molar-refractivity contribution in [3.63, 3.8) is 0 Å². The fraction of sp³-hybridized carbons (Fsp3) is 0.500. The van der Waals surface area contributed by atoms with Gasteiger partial charge in [0.05, 0.1) is 39.5 Å². The molecule has 0 radical (unpaired) electrons. The molecule has 1 atom stereocenters. The average Bonchev–Trinajstić information content (AvgIpc) is 2.79. The van der Waals surface area contributed by atoms with E-state index in [1.165, 1.54) is 21.1 Å². The summed E-state index contributed by atoms with van der Waals surface area (Å²) in [5.41, 5.74) is 0.658. The molecule has 32 heavy (non-hydrogen) atoms. The van der Waals surface area contributed by atoms with Gasteiger partial charge in [0.25, 0.3) is 0 Å². The lowest BCUT2D eigenvalue weighted by molar-refractivity contribution is -0.138. The Morgan fingerprint density at radius 3 is 2.56 bits per heavy atom. The van der Waals surface area contributed by atoms with Gasteiger partial charge < -0.3 is 33.9 Å². The Labute approximate surface area is 187 Å². The van der Waals surface area contributed by atoms with E-state index in [1.54, 1.807) is 24.0 Å². The summed E-state index contributed by atoms with van der Waals surface area (Å²) in [6.45, 7) is 7.86. The van der Waals surface area contributed by atoms with Crippen LogP contribution in [0.1, 0.15) is 24.2 Å². The van der Waals surface area contributed by atoms with Gasteiger partial charge in [0.2, 0.25) is 5.75 Å². The number of esters is 1. The lowest BCUT2D eigenvalue weighted by atomic mass is 10.1. The van der Waals surface area contributed by atoms with E-state index in [2.05, 4.69) is 11.9 Å². The number of nitrogens with zero attached hydrogens (tertiary/aromatic N) is 1. The van der Waals surface area contributed by atoms with E-state index in [4.69, 9.17) is 23.7 Å². The molecule has 2 rings (SSSR count). The third-order valence-corrected chi connectivity index (χ3v) is 4.68. The van der Waals surface area contributed by atoms with Crippen molar-refractivity contribution in [3.8, 4) is 17.2 Å². The second kappa shape index (κ2) is 11.9. The summed E-state index contributed by atoms with van der Waals surface area (Å²) in [5.74, 6) is 0.337. The van der Waals surface area contributed by atoms with Gasteiger partial charge >= 0.3 is 12.0 Å². The zero-order chi connectivity index (χ0) is 23.7. The van der Waals surface area contributed by atoms with Crippen LogP contribution in [-0.4, -0.2) is 82.5 Å². The molecule has 0 bridgehead atoms. The van der Waals surface area contributed by atoms with Crippen LogP contribution in [0.3, 0.4) is 0 Å². The molecule has 1 aliphatic heterocycles. The summed E-state index contributed by atoms with van der Waals surface area (Å²) in [7, 11) is 2.96. The molecule has 1 aromatic rings. The van der Waals surface area contributed by atoms with E-state index in [0.29, 0.717) is 42.3 Å². The van der Waals surface area contributed by atoms with Crippen LogP contribution in [-0.2, 0) is 14.3 Å². The molecule has 1 N–H and O–H groups in total. The van der Waals surface area contributed by atoms with Gasteiger partial charge in [-0.2, -0.15) is 0 Å². The summed E-state index contributed by atoms with van der Waals surface area (Å²) in [6.07, 6.45) is -0.411. The maximum absolute atomic E-state index is 12.4. The molecular weight excluding hydrogens is 420 g/mol. The van der Waals surface area contributed by atoms with E-state index in [-0.39, 0.29) is 37.3 Å². The van der Waals surface area contributed by atoms with Gasteiger partial charge in [0.15, 0.2) is 17.3 Å². The van der Waals surface area contributed by atoms with E-state index >= 15 is 0 Å². The smallest absolute Gasteiger partial charge is 0.333 e. The average molecular weight is 450 g/mol. The Kier molecular flexibility index (Phi) is 9.33. The molecular formula is C22H30N2O8. The summed E-state index contributed by atoms with van der Waals surface area (Å²) in [5, 5.41) is 2.70. The summed E-state index contributed by atoms with van der Waals surface area (Å²) >= 11 is 0. The Balaban J connectivity index is 1.93. The fourth-order valence-corrected chi connectivity index (χ4v) is 3.04. The van der Waals surface area contributed by atoms with Gasteiger partial charge in [-0.15, -0.1) is 0 Å². The third-order valence-electron chi connectivity index (χ3n) is 4.68. The number of methoxy groups -OCH3 is 2. The van der Waals surface area contributed by atoms with Gasteiger partial charge in [-0.1, -0.05) is 6.58 Å². The number of ether oxygens (including phenoxy) is 5. The summed E-state index contributed by atoms with van der Waals surface area (Å²) in [6, 6.07) is 2.95. The molecule has 10 heteroatoms. The van der Waals surface area contributed by atoms with Gasteiger partial charge in [0, 0.05) is 12.1 Å². The summed E-state index contributed by atoms with van der Waals surface area (Å²) < 4.78 is 27.2. The van der Waals surface area contributed by atoms with Crippen molar-refractivity contribution in [1.82, 2.24) is 10.2 Å². The number of hydrogen-bond donors (Lipinski definition) is 1. The first kappa shape index (κ1) is 25.0. The first-order valence-corrected chi connectivity index (χ1v) is 10.1. The number of hydrogen-bond acceptors (Lipinski definition) is 8. The van der Waals surface area contributed by atoms with Crippen LogP contribution in [0.5, 0.6) is 17.2 Å². The Morgan fingerprint density at radius 2 is 1.94 bits per heavy atom. The molecule has 0 spiro atoms. The molecule has 0 saturated carbocycles. The predicted octanol–water partition coefficient (Wildman–Crippen LogP) is 1.81. The van der Waals surface area contributed by atoms with Gasteiger partial charge in [0.1, 0.15) is 19.3 Å². The molecule has 1 saturated heterocycles. The lowest BCUT2D eigenvalue weighted by Gasteiger charge is -2.33. The largest absolute Gasteiger partial charge is 0.493 e. The third kappa shape index (κ3) is 6.61. The van der Waals surface area contributed by atoms with Gasteiger partial charge in [-0.25, -0.2) is 9.59 Å². The normalized spacial score (nSPS) is 15.5. The molecule has 10 nitrogen and oxygen atoms in total. The highest BCUT2D eigenvalue weighted by Crippen LogP contribution is 2.40. The number of nitrogens with one attached hydrogen (secondary N) is 1. The van der Waals surface area contributed by atoms with Gasteiger partial charge in [-0.3, -0.25) is 4.79 Å². The zero-order valence-corrected chi connectivity index (χ0v) is 18.9. The van der Waals surface area contributed by atoms with Crippen molar-refractivity contribution in [2.75, 3.05) is 53.7 Å². The van der Waals surface area contributed by atoms with E-state index in [1.807, 2.05) is 0 Å². The van der Waals surface area contributed by atoms with E-state index in [9.17, 15) is 14.4 Å². The number of rotatable bonds is 10. The van der Waals surface area contributed by atoms with Crippen molar-refractivity contribution in [2.45, 2.75) is 20.0 Å². The minimum absolute atomic E-state index is 0.0533. The number of amides is 2. The zero-order valence-electron chi connectivity index (χ0n) is 18.9. The van der Waals surface area contributed by atoms with Crippen molar-refractivity contribution >= 4 is 17.8 Å². The maximum Gasteiger partial charge on any atom is 0.333 e. The van der Waals surface area contributed by atoms with Crippen LogP contribution in [0.15, 0.2) is 24.3 Å². The molecule has 0 aromatic heterocycles. The quantitative estimate of drug-likeness (QED) is 0.249.